The van der Waals surface area contributed by atoms with Crippen LogP contribution in [-0.4, -0.2) is 24.6 Å². The average Bonchev–Trinajstić information content (AvgIpc) is 2.42. The van der Waals surface area contributed by atoms with Gasteiger partial charge in [-0.25, -0.2) is 9.59 Å². The van der Waals surface area contributed by atoms with E-state index in [1.807, 2.05) is 13.8 Å². The molecule has 2 N–H and O–H groups in total. The standard InChI is InChI=1S/C14H17N3O3/c1-10(2)17-14(19)16-9-11-3-5-12(6-4-11)13(18)20-8-7-15/h3-6,10H,8-9H2,1-2H3,(H2,16,17,19). The first-order valence-electron chi connectivity index (χ1n) is 6.20. The maximum atomic E-state index is 11.4. The third-order valence-electron chi connectivity index (χ3n) is 2.33. The summed E-state index contributed by atoms with van der Waals surface area (Å²) >= 11 is 0. The van der Waals surface area contributed by atoms with Crippen LogP contribution in [0.4, 0.5) is 4.79 Å². The monoisotopic (exact) mass is 275 g/mol. The number of hydrogen-bond donors (Lipinski definition) is 2. The summed E-state index contributed by atoms with van der Waals surface area (Å²) in [6.45, 7) is 3.85. The predicted molar refractivity (Wildman–Crippen MR) is 72.8 cm³/mol. The van der Waals surface area contributed by atoms with E-state index < -0.39 is 5.97 Å². The molecule has 0 aliphatic heterocycles. The fourth-order valence-electron chi connectivity index (χ4n) is 1.44. The van der Waals surface area contributed by atoms with Crippen LogP contribution in [0, 0.1) is 11.3 Å². The quantitative estimate of drug-likeness (QED) is 0.798. The fourth-order valence-corrected chi connectivity index (χ4v) is 1.44. The van der Waals surface area contributed by atoms with E-state index in [2.05, 4.69) is 15.4 Å². The van der Waals surface area contributed by atoms with Gasteiger partial charge in [0.1, 0.15) is 6.07 Å². The smallest absolute Gasteiger partial charge is 0.339 e. The molecule has 0 spiro atoms. The molecular weight excluding hydrogens is 258 g/mol. The Morgan fingerprint density at radius 1 is 1.30 bits per heavy atom. The maximum absolute atomic E-state index is 11.4. The van der Waals surface area contributed by atoms with Crippen molar-refractivity contribution in [2.24, 2.45) is 0 Å². The van der Waals surface area contributed by atoms with Crippen molar-refractivity contribution in [3.05, 3.63) is 35.4 Å². The van der Waals surface area contributed by atoms with Crippen molar-refractivity contribution in [1.29, 1.82) is 5.26 Å². The van der Waals surface area contributed by atoms with Gasteiger partial charge in [-0.2, -0.15) is 5.26 Å². The van der Waals surface area contributed by atoms with Crippen molar-refractivity contribution in [2.45, 2.75) is 26.4 Å². The Labute approximate surface area is 117 Å². The first-order chi connectivity index (χ1) is 9.52. The minimum Gasteiger partial charge on any atom is -0.447 e. The summed E-state index contributed by atoms with van der Waals surface area (Å²) in [7, 11) is 0. The zero-order chi connectivity index (χ0) is 15.0. The first kappa shape index (κ1) is 15.5. The highest BCUT2D eigenvalue weighted by Gasteiger charge is 2.07. The summed E-state index contributed by atoms with van der Waals surface area (Å²) in [5, 5.41) is 13.7. The minimum absolute atomic E-state index is 0.0762. The molecule has 0 aliphatic carbocycles. The molecule has 6 nitrogen and oxygen atoms in total. The number of amides is 2. The van der Waals surface area contributed by atoms with E-state index in [-0.39, 0.29) is 18.7 Å². The van der Waals surface area contributed by atoms with E-state index in [1.165, 1.54) is 0 Å². The number of urea groups is 1. The molecule has 20 heavy (non-hydrogen) atoms. The van der Waals surface area contributed by atoms with Gasteiger partial charge >= 0.3 is 12.0 Å². The van der Waals surface area contributed by atoms with Crippen molar-refractivity contribution in [3.63, 3.8) is 0 Å². The molecule has 0 aliphatic rings. The predicted octanol–water partition coefficient (Wildman–Crippen LogP) is 1.57. The Kier molecular flexibility index (Phi) is 6.04. The largest absolute Gasteiger partial charge is 0.447 e. The second-order valence-corrected chi connectivity index (χ2v) is 4.41. The third kappa shape index (κ3) is 5.40. The maximum Gasteiger partial charge on any atom is 0.339 e. The molecule has 0 unspecified atom stereocenters. The fraction of sp³-hybridized carbons (Fsp3) is 0.357. The normalized spacial score (nSPS) is 9.70. The Hall–Kier alpha value is -2.55. The van der Waals surface area contributed by atoms with Gasteiger partial charge in [-0.3, -0.25) is 0 Å². The number of nitrogens with zero attached hydrogens (tertiary/aromatic N) is 1. The van der Waals surface area contributed by atoms with Crippen LogP contribution in [0.2, 0.25) is 0 Å². The highest BCUT2D eigenvalue weighted by atomic mass is 16.5. The van der Waals surface area contributed by atoms with Gasteiger partial charge in [-0.1, -0.05) is 12.1 Å². The number of carbonyl (C=O) groups excluding carboxylic acids is 2. The molecule has 0 fully saturated rings. The van der Waals surface area contributed by atoms with Gasteiger partial charge in [0, 0.05) is 12.6 Å². The highest BCUT2D eigenvalue weighted by molar-refractivity contribution is 5.89. The molecule has 0 atom stereocenters. The molecule has 1 aromatic carbocycles. The molecule has 1 aromatic rings. The van der Waals surface area contributed by atoms with Gasteiger partial charge < -0.3 is 15.4 Å². The van der Waals surface area contributed by atoms with Crippen molar-refractivity contribution < 1.29 is 14.3 Å². The number of hydrogen-bond acceptors (Lipinski definition) is 4. The van der Waals surface area contributed by atoms with Gasteiger partial charge in [0.25, 0.3) is 0 Å². The molecular formula is C14H17N3O3. The van der Waals surface area contributed by atoms with Gasteiger partial charge in [0.2, 0.25) is 0 Å². The van der Waals surface area contributed by atoms with E-state index in [4.69, 9.17) is 5.26 Å². The van der Waals surface area contributed by atoms with Crippen molar-refractivity contribution in [2.75, 3.05) is 6.61 Å². The van der Waals surface area contributed by atoms with Crippen LogP contribution in [0.5, 0.6) is 0 Å². The molecule has 2 amide bonds. The Morgan fingerprint density at radius 3 is 2.50 bits per heavy atom. The third-order valence-corrected chi connectivity index (χ3v) is 2.33. The second kappa shape index (κ2) is 7.79. The summed E-state index contributed by atoms with van der Waals surface area (Å²) in [4.78, 5) is 22.8. The lowest BCUT2D eigenvalue weighted by atomic mass is 10.1. The van der Waals surface area contributed by atoms with E-state index in [9.17, 15) is 9.59 Å². The number of benzene rings is 1. The van der Waals surface area contributed by atoms with E-state index in [1.54, 1.807) is 30.3 Å². The van der Waals surface area contributed by atoms with Gasteiger partial charge in [0.15, 0.2) is 6.61 Å². The summed E-state index contributed by atoms with van der Waals surface area (Å²) in [5.74, 6) is -0.538. The van der Waals surface area contributed by atoms with Crippen molar-refractivity contribution in [3.8, 4) is 6.07 Å². The molecule has 1 rings (SSSR count). The first-order valence-corrected chi connectivity index (χ1v) is 6.20. The Morgan fingerprint density at radius 2 is 1.95 bits per heavy atom. The van der Waals surface area contributed by atoms with Gasteiger partial charge in [-0.05, 0) is 31.5 Å². The molecule has 0 aromatic heterocycles. The van der Waals surface area contributed by atoms with E-state index in [0.717, 1.165) is 5.56 Å². The molecule has 106 valence electrons. The Balaban J connectivity index is 2.49. The minimum atomic E-state index is -0.538. The van der Waals surface area contributed by atoms with Crippen LogP contribution >= 0.6 is 0 Å². The van der Waals surface area contributed by atoms with Crippen LogP contribution in [0.15, 0.2) is 24.3 Å². The Bertz CT molecular complexity index is 503. The lowest BCUT2D eigenvalue weighted by Crippen LogP contribution is -2.39. The van der Waals surface area contributed by atoms with Crippen LogP contribution in [0.1, 0.15) is 29.8 Å². The zero-order valence-electron chi connectivity index (χ0n) is 11.5. The number of carbonyl (C=O) groups is 2. The second-order valence-electron chi connectivity index (χ2n) is 4.41. The number of rotatable bonds is 5. The molecule has 0 radical (unpaired) electrons. The summed E-state index contributed by atoms with van der Waals surface area (Å²) in [6, 6.07) is 8.20. The van der Waals surface area contributed by atoms with E-state index in [0.29, 0.717) is 12.1 Å². The van der Waals surface area contributed by atoms with Crippen LogP contribution < -0.4 is 10.6 Å². The summed E-state index contributed by atoms with van der Waals surface area (Å²) in [6.07, 6.45) is 0. The van der Waals surface area contributed by atoms with Crippen molar-refractivity contribution in [1.82, 2.24) is 10.6 Å². The molecule has 0 bridgehead atoms. The topological polar surface area (TPSA) is 91.2 Å². The van der Waals surface area contributed by atoms with E-state index >= 15 is 0 Å². The molecule has 0 heterocycles. The SMILES string of the molecule is CC(C)NC(=O)NCc1ccc(C(=O)OCC#N)cc1. The molecule has 0 saturated carbocycles. The summed E-state index contributed by atoms with van der Waals surface area (Å²) in [5.41, 5.74) is 1.23. The van der Waals surface area contributed by atoms with Crippen LogP contribution in [-0.2, 0) is 11.3 Å². The van der Waals surface area contributed by atoms with Crippen LogP contribution in [0.25, 0.3) is 0 Å². The molecule has 0 saturated heterocycles. The summed E-state index contributed by atoms with van der Waals surface area (Å²) < 4.78 is 4.68. The van der Waals surface area contributed by atoms with Crippen molar-refractivity contribution >= 4 is 12.0 Å². The zero-order valence-corrected chi connectivity index (χ0v) is 11.5. The van der Waals surface area contributed by atoms with Gasteiger partial charge in [0.05, 0.1) is 5.56 Å². The number of nitrogens with one attached hydrogen (secondary N) is 2. The number of nitriles is 1. The highest BCUT2D eigenvalue weighted by Crippen LogP contribution is 2.06. The lowest BCUT2D eigenvalue weighted by molar-refractivity contribution is 0.0555. The van der Waals surface area contributed by atoms with Gasteiger partial charge in [-0.15, -0.1) is 0 Å². The lowest BCUT2D eigenvalue weighted by Gasteiger charge is -2.10. The number of ether oxygens (including phenoxy) is 1. The average molecular weight is 275 g/mol. The number of esters is 1. The molecule has 6 heteroatoms. The van der Waals surface area contributed by atoms with Crippen LogP contribution in [0.3, 0.4) is 0 Å².